The highest BCUT2D eigenvalue weighted by molar-refractivity contribution is 5.89. The molecule has 2 rings (SSSR count). The van der Waals surface area contributed by atoms with Gasteiger partial charge < -0.3 is 0 Å². The number of nitrogens with zero attached hydrogens (tertiary/aromatic N) is 1. The monoisotopic (exact) mass is 258 g/mol. The first-order valence-electron chi connectivity index (χ1n) is 7.18. The molecule has 3 heteroatoms. The Labute approximate surface area is 115 Å². The van der Waals surface area contributed by atoms with Crippen LogP contribution in [0.25, 0.3) is 0 Å². The van der Waals surface area contributed by atoms with Gasteiger partial charge in [0.05, 0.1) is 0 Å². The van der Waals surface area contributed by atoms with Gasteiger partial charge >= 0.3 is 0 Å². The highest BCUT2D eigenvalue weighted by Crippen LogP contribution is 2.24. The number of rotatable bonds is 5. The van der Waals surface area contributed by atoms with Gasteiger partial charge in [-0.15, -0.1) is 0 Å². The van der Waals surface area contributed by atoms with E-state index in [-0.39, 0.29) is 5.91 Å². The summed E-state index contributed by atoms with van der Waals surface area (Å²) in [5, 5.41) is 4.30. The van der Waals surface area contributed by atoms with Crippen molar-refractivity contribution in [2.24, 2.45) is 11.0 Å². The van der Waals surface area contributed by atoms with Crippen LogP contribution in [0.2, 0.25) is 0 Å². The van der Waals surface area contributed by atoms with Crippen LogP contribution in [0.15, 0.2) is 35.4 Å². The molecule has 1 fully saturated rings. The van der Waals surface area contributed by atoms with Crippen molar-refractivity contribution < 1.29 is 4.79 Å². The van der Waals surface area contributed by atoms with Crippen molar-refractivity contribution in [3.05, 3.63) is 35.9 Å². The van der Waals surface area contributed by atoms with Crippen molar-refractivity contribution in [1.82, 2.24) is 5.43 Å². The fourth-order valence-corrected chi connectivity index (χ4v) is 2.58. The molecule has 102 valence electrons. The first-order chi connectivity index (χ1) is 9.29. The van der Waals surface area contributed by atoms with Gasteiger partial charge in [0.2, 0.25) is 5.91 Å². The number of benzene rings is 1. The zero-order valence-corrected chi connectivity index (χ0v) is 11.6. The number of hydrogen-bond acceptors (Lipinski definition) is 2. The van der Waals surface area contributed by atoms with Crippen molar-refractivity contribution >= 4 is 11.6 Å². The second-order valence-electron chi connectivity index (χ2n) is 5.12. The van der Waals surface area contributed by atoms with Gasteiger partial charge in [-0.2, -0.15) is 5.10 Å². The summed E-state index contributed by atoms with van der Waals surface area (Å²) in [6.45, 7) is 2.18. The molecule has 1 N–H and O–H groups in total. The first-order valence-corrected chi connectivity index (χ1v) is 7.18. The van der Waals surface area contributed by atoms with Crippen LogP contribution in [0, 0.1) is 5.92 Å². The number of hydrogen-bond donors (Lipinski definition) is 1. The van der Waals surface area contributed by atoms with Gasteiger partial charge in [0.25, 0.3) is 0 Å². The van der Waals surface area contributed by atoms with Gasteiger partial charge in [0.15, 0.2) is 0 Å². The van der Waals surface area contributed by atoms with E-state index in [2.05, 4.69) is 17.5 Å². The first kappa shape index (κ1) is 13.8. The summed E-state index contributed by atoms with van der Waals surface area (Å²) in [7, 11) is 0. The van der Waals surface area contributed by atoms with E-state index in [4.69, 9.17) is 0 Å². The van der Waals surface area contributed by atoms with E-state index in [1.807, 2.05) is 30.3 Å². The Hall–Kier alpha value is -1.64. The molecule has 0 aromatic heterocycles. The van der Waals surface area contributed by atoms with Crippen LogP contribution < -0.4 is 5.43 Å². The molecule has 0 aliphatic heterocycles. The minimum atomic E-state index is 0.0121. The number of carbonyl (C=O) groups excluding carboxylic acids is 1. The normalized spacial score (nSPS) is 20.7. The Kier molecular flexibility index (Phi) is 5.13. The number of carbonyl (C=O) groups is 1. The van der Waals surface area contributed by atoms with E-state index in [0.717, 1.165) is 19.3 Å². The number of aryl methyl sites for hydroxylation is 1. The minimum Gasteiger partial charge on any atom is -0.273 e. The predicted molar refractivity (Wildman–Crippen MR) is 78.0 cm³/mol. The highest BCUT2D eigenvalue weighted by Gasteiger charge is 2.20. The van der Waals surface area contributed by atoms with Crippen molar-refractivity contribution in [2.75, 3.05) is 0 Å². The lowest BCUT2D eigenvalue weighted by Gasteiger charge is -2.07. The summed E-state index contributed by atoms with van der Waals surface area (Å²) in [6.07, 6.45) is 5.86. The molecule has 1 aliphatic carbocycles. The maximum atomic E-state index is 11.7. The molecule has 0 saturated heterocycles. The van der Waals surface area contributed by atoms with Crippen molar-refractivity contribution in [2.45, 2.75) is 45.4 Å². The van der Waals surface area contributed by atoms with E-state index in [1.54, 1.807) is 0 Å². The molecule has 19 heavy (non-hydrogen) atoms. The third-order valence-electron chi connectivity index (χ3n) is 3.76. The third kappa shape index (κ3) is 4.19. The van der Waals surface area contributed by atoms with E-state index >= 15 is 0 Å². The lowest BCUT2D eigenvalue weighted by molar-refractivity contribution is -0.121. The third-order valence-corrected chi connectivity index (χ3v) is 3.76. The Balaban J connectivity index is 1.77. The lowest BCUT2D eigenvalue weighted by atomic mass is 10.0. The standard InChI is InChI=1S/C16H22N2O/c1-2-14-9-6-10-15(14)17-18-16(19)12-11-13-7-4-3-5-8-13/h3-5,7-8,14H,2,6,9-12H2,1H3,(H,18,19)/b17-15+. The minimum absolute atomic E-state index is 0.0121. The Morgan fingerprint density at radius 1 is 1.37 bits per heavy atom. The molecule has 3 nitrogen and oxygen atoms in total. The van der Waals surface area contributed by atoms with E-state index in [9.17, 15) is 4.79 Å². The van der Waals surface area contributed by atoms with Crippen LogP contribution in [0.5, 0.6) is 0 Å². The van der Waals surface area contributed by atoms with Gasteiger partial charge in [0.1, 0.15) is 0 Å². The van der Waals surface area contributed by atoms with Crippen LogP contribution in [0.1, 0.15) is 44.6 Å². The molecule has 0 radical (unpaired) electrons. The Bertz CT molecular complexity index is 439. The maximum Gasteiger partial charge on any atom is 0.240 e. The van der Waals surface area contributed by atoms with Gasteiger partial charge in [-0.1, -0.05) is 37.3 Å². The van der Waals surface area contributed by atoms with Crippen molar-refractivity contribution in [3.8, 4) is 0 Å². The van der Waals surface area contributed by atoms with E-state index < -0.39 is 0 Å². The molecule has 1 unspecified atom stereocenters. The smallest absolute Gasteiger partial charge is 0.240 e. The Morgan fingerprint density at radius 2 is 2.16 bits per heavy atom. The Morgan fingerprint density at radius 3 is 2.89 bits per heavy atom. The van der Waals surface area contributed by atoms with Gasteiger partial charge in [-0.05, 0) is 43.6 Å². The summed E-state index contributed by atoms with van der Waals surface area (Å²) in [5.41, 5.74) is 5.08. The molecule has 1 atom stereocenters. The molecule has 1 amide bonds. The summed E-state index contributed by atoms with van der Waals surface area (Å²) < 4.78 is 0. The average Bonchev–Trinajstić information content (AvgIpc) is 2.91. The average molecular weight is 258 g/mol. The molecule has 1 aliphatic rings. The van der Waals surface area contributed by atoms with Gasteiger partial charge in [0, 0.05) is 12.1 Å². The summed E-state index contributed by atoms with van der Waals surface area (Å²) in [6, 6.07) is 10.1. The molecular weight excluding hydrogens is 236 g/mol. The fourth-order valence-electron chi connectivity index (χ4n) is 2.58. The number of amides is 1. The van der Waals surface area contributed by atoms with Gasteiger partial charge in [-0.3, -0.25) is 4.79 Å². The summed E-state index contributed by atoms with van der Waals surface area (Å²) in [5.74, 6) is 0.590. The topological polar surface area (TPSA) is 41.5 Å². The molecule has 0 bridgehead atoms. The van der Waals surface area contributed by atoms with Crippen LogP contribution in [0.4, 0.5) is 0 Å². The number of nitrogens with one attached hydrogen (secondary N) is 1. The van der Waals surface area contributed by atoms with E-state index in [0.29, 0.717) is 12.3 Å². The van der Waals surface area contributed by atoms with Crippen molar-refractivity contribution in [3.63, 3.8) is 0 Å². The second-order valence-corrected chi connectivity index (χ2v) is 5.12. The second kappa shape index (κ2) is 7.07. The van der Waals surface area contributed by atoms with Gasteiger partial charge in [-0.25, -0.2) is 5.43 Å². The largest absolute Gasteiger partial charge is 0.273 e. The van der Waals surface area contributed by atoms with Crippen LogP contribution in [-0.4, -0.2) is 11.6 Å². The zero-order chi connectivity index (χ0) is 13.5. The number of hydrazone groups is 1. The van der Waals surface area contributed by atoms with Crippen LogP contribution in [0.3, 0.4) is 0 Å². The zero-order valence-electron chi connectivity index (χ0n) is 11.6. The molecule has 0 spiro atoms. The molecule has 1 aromatic rings. The van der Waals surface area contributed by atoms with E-state index in [1.165, 1.54) is 24.1 Å². The summed E-state index contributed by atoms with van der Waals surface area (Å²) >= 11 is 0. The molecule has 1 aromatic carbocycles. The van der Waals surface area contributed by atoms with Crippen LogP contribution in [-0.2, 0) is 11.2 Å². The lowest BCUT2D eigenvalue weighted by Crippen LogP contribution is -2.21. The molecule has 1 saturated carbocycles. The quantitative estimate of drug-likeness (QED) is 0.809. The molecular formula is C16H22N2O. The fraction of sp³-hybridized carbons (Fsp3) is 0.500. The molecule has 0 heterocycles. The summed E-state index contributed by atoms with van der Waals surface area (Å²) in [4.78, 5) is 11.7. The highest BCUT2D eigenvalue weighted by atomic mass is 16.2. The van der Waals surface area contributed by atoms with Crippen molar-refractivity contribution in [1.29, 1.82) is 0 Å². The maximum absolute atomic E-state index is 11.7. The van der Waals surface area contributed by atoms with Crippen LogP contribution >= 0.6 is 0 Å². The SMILES string of the molecule is CCC1CCC/C1=N\NC(=O)CCc1ccccc1. The predicted octanol–water partition coefficient (Wildman–Crippen LogP) is 3.30.